The first-order valence-corrected chi connectivity index (χ1v) is 17.7. The molecule has 0 spiro atoms. The second kappa shape index (κ2) is 11.1. The van der Waals surface area contributed by atoms with Crippen LogP contribution in [0, 0.1) is 5.92 Å². The first kappa shape index (κ1) is 29.0. The van der Waals surface area contributed by atoms with E-state index in [1.165, 1.54) is 21.8 Å². The Kier molecular flexibility index (Phi) is 6.19. The van der Waals surface area contributed by atoms with Crippen LogP contribution in [0.3, 0.4) is 0 Å². The van der Waals surface area contributed by atoms with Gasteiger partial charge in [0.15, 0.2) is 17.5 Å². The minimum atomic E-state index is 0.297. The maximum absolute atomic E-state index is 6.60. The summed E-state index contributed by atoms with van der Waals surface area (Å²) in [4.78, 5) is 15.2. The highest BCUT2D eigenvalue weighted by Gasteiger charge is 2.22. The molecule has 4 heterocycles. The lowest BCUT2D eigenvalue weighted by atomic mass is 9.92. The third kappa shape index (κ3) is 4.34. The SMILES string of the molecule is CC1CC=CC=C1c1nc(-c2ccccc2)nc(-c2cccc3oc4cc5c(cc4c23)oc2ccc(-n3c4ccccc4c4ccccc43)cc25)n1. The summed E-state index contributed by atoms with van der Waals surface area (Å²) < 4.78 is 15.5. The molecular formula is C46H30N4O2. The molecule has 10 aromatic rings. The lowest BCUT2D eigenvalue weighted by molar-refractivity contribution is 0.664. The number of furan rings is 2. The number of hydrogen-bond acceptors (Lipinski definition) is 5. The molecule has 11 rings (SSSR count). The van der Waals surface area contributed by atoms with E-state index in [2.05, 4.69) is 115 Å². The monoisotopic (exact) mass is 670 g/mol. The number of allylic oxidation sites excluding steroid dienone is 4. The zero-order valence-electron chi connectivity index (χ0n) is 28.2. The summed E-state index contributed by atoms with van der Waals surface area (Å²) in [6.45, 7) is 2.22. The highest BCUT2D eigenvalue weighted by atomic mass is 16.3. The molecule has 1 atom stereocenters. The molecule has 0 saturated carbocycles. The van der Waals surface area contributed by atoms with Gasteiger partial charge in [0.1, 0.15) is 22.3 Å². The molecule has 0 N–H and O–H groups in total. The van der Waals surface area contributed by atoms with Gasteiger partial charge in [0.25, 0.3) is 0 Å². The van der Waals surface area contributed by atoms with E-state index in [9.17, 15) is 0 Å². The molecule has 1 unspecified atom stereocenters. The van der Waals surface area contributed by atoms with E-state index in [0.717, 1.165) is 72.7 Å². The van der Waals surface area contributed by atoms with Crippen molar-refractivity contribution in [1.82, 2.24) is 19.5 Å². The number of para-hydroxylation sites is 2. The summed E-state index contributed by atoms with van der Waals surface area (Å²) in [7, 11) is 0. The van der Waals surface area contributed by atoms with E-state index < -0.39 is 0 Å². The van der Waals surface area contributed by atoms with Crippen molar-refractivity contribution in [3.05, 3.63) is 151 Å². The normalized spacial score (nSPS) is 14.8. The van der Waals surface area contributed by atoms with Gasteiger partial charge in [-0.15, -0.1) is 0 Å². The molecular weight excluding hydrogens is 641 g/mol. The Hall–Kier alpha value is -6.79. The average Bonchev–Trinajstić information content (AvgIpc) is 3.86. The summed E-state index contributed by atoms with van der Waals surface area (Å²) in [6.07, 6.45) is 7.36. The number of rotatable bonds is 4. The van der Waals surface area contributed by atoms with Gasteiger partial charge in [-0.2, -0.15) is 0 Å². The molecule has 0 aliphatic heterocycles. The minimum Gasteiger partial charge on any atom is -0.456 e. The number of nitrogens with zero attached hydrogens (tertiary/aromatic N) is 4. The largest absolute Gasteiger partial charge is 0.456 e. The highest BCUT2D eigenvalue weighted by molar-refractivity contribution is 6.18. The van der Waals surface area contributed by atoms with Crippen LogP contribution < -0.4 is 0 Å². The van der Waals surface area contributed by atoms with Crippen LogP contribution in [0.25, 0.3) is 99.7 Å². The van der Waals surface area contributed by atoms with Crippen molar-refractivity contribution in [1.29, 1.82) is 0 Å². The zero-order valence-corrected chi connectivity index (χ0v) is 28.2. The summed E-state index contributed by atoms with van der Waals surface area (Å²) in [5.41, 5.74) is 9.55. The fourth-order valence-electron chi connectivity index (χ4n) is 7.99. The minimum absolute atomic E-state index is 0.297. The second-order valence-corrected chi connectivity index (χ2v) is 13.6. The molecule has 246 valence electrons. The molecule has 6 aromatic carbocycles. The van der Waals surface area contributed by atoms with Crippen molar-refractivity contribution in [2.75, 3.05) is 0 Å². The van der Waals surface area contributed by atoms with E-state index in [1.807, 2.05) is 42.5 Å². The molecule has 0 saturated heterocycles. The van der Waals surface area contributed by atoms with Crippen LogP contribution in [0.15, 0.2) is 154 Å². The molecule has 0 amide bonds. The number of aromatic nitrogens is 4. The lowest BCUT2D eigenvalue weighted by Crippen LogP contribution is -2.08. The van der Waals surface area contributed by atoms with E-state index in [4.69, 9.17) is 23.8 Å². The Balaban J connectivity index is 1.11. The van der Waals surface area contributed by atoms with Crippen LogP contribution in [-0.2, 0) is 0 Å². The fraction of sp³-hybridized carbons (Fsp3) is 0.0652. The highest BCUT2D eigenvalue weighted by Crippen LogP contribution is 2.42. The Morgan fingerprint density at radius 3 is 2.04 bits per heavy atom. The molecule has 4 aromatic heterocycles. The predicted molar refractivity (Wildman–Crippen MR) is 210 cm³/mol. The van der Waals surface area contributed by atoms with Gasteiger partial charge in [-0.3, -0.25) is 0 Å². The van der Waals surface area contributed by atoms with Gasteiger partial charge in [-0.1, -0.05) is 104 Å². The summed E-state index contributed by atoms with van der Waals surface area (Å²) in [5, 5.41) is 6.42. The number of benzene rings is 6. The Morgan fingerprint density at radius 1 is 0.558 bits per heavy atom. The molecule has 1 aliphatic rings. The van der Waals surface area contributed by atoms with E-state index in [-0.39, 0.29) is 0 Å². The van der Waals surface area contributed by atoms with Gasteiger partial charge >= 0.3 is 0 Å². The number of fused-ring (bicyclic) bond motifs is 9. The van der Waals surface area contributed by atoms with Crippen LogP contribution in [-0.4, -0.2) is 19.5 Å². The molecule has 52 heavy (non-hydrogen) atoms. The molecule has 6 heteroatoms. The maximum Gasteiger partial charge on any atom is 0.164 e. The van der Waals surface area contributed by atoms with E-state index in [0.29, 0.717) is 23.4 Å². The Labute approximate surface area is 298 Å². The van der Waals surface area contributed by atoms with Crippen LogP contribution in [0.1, 0.15) is 19.2 Å². The third-order valence-corrected chi connectivity index (χ3v) is 10.5. The van der Waals surface area contributed by atoms with Gasteiger partial charge in [0, 0.05) is 54.7 Å². The van der Waals surface area contributed by atoms with Crippen LogP contribution in [0.2, 0.25) is 0 Å². The smallest absolute Gasteiger partial charge is 0.164 e. The van der Waals surface area contributed by atoms with Gasteiger partial charge in [-0.05, 0) is 60.9 Å². The summed E-state index contributed by atoms with van der Waals surface area (Å²) >= 11 is 0. The first-order chi connectivity index (χ1) is 25.7. The van der Waals surface area contributed by atoms with Gasteiger partial charge in [0.05, 0.1) is 11.0 Å². The van der Waals surface area contributed by atoms with Crippen molar-refractivity contribution < 1.29 is 8.83 Å². The van der Waals surface area contributed by atoms with E-state index >= 15 is 0 Å². The van der Waals surface area contributed by atoms with Crippen molar-refractivity contribution in [2.24, 2.45) is 5.92 Å². The molecule has 1 aliphatic carbocycles. The quantitative estimate of drug-likeness (QED) is 0.186. The number of hydrogen-bond donors (Lipinski definition) is 0. The van der Waals surface area contributed by atoms with E-state index in [1.54, 1.807) is 0 Å². The Bertz CT molecular complexity index is 3070. The van der Waals surface area contributed by atoms with Crippen molar-refractivity contribution in [2.45, 2.75) is 13.3 Å². The predicted octanol–water partition coefficient (Wildman–Crippen LogP) is 12.1. The lowest BCUT2D eigenvalue weighted by Gasteiger charge is -2.17. The summed E-state index contributed by atoms with van der Waals surface area (Å²) in [5.74, 6) is 2.25. The van der Waals surface area contributed by atoms with Crippen LogP contribution in [0.4, 0.5) is 0 Å². The second-order valence-electron chi connectivity index (χ2n) is 13.6. The summed E-state index contributed by atoms with van der Waals surface area (Å²) in [6, 6.07) is 44.0. The van der Waals surface area contributed by atoms with Gasteiger partial charge in [-0.25, -0.2) is 15.0 Å². The van der Waals surface area contributed by atoms with Gasteiger partial charge in [0.2, 0.25) is 0 Å². The van der Waals surface area contributed by atoms with Crippen LogP contribution >= 0.6 is 0 Å². The fourth-order valence-corrected chi connectivity index (χ4v) is 7.99. The Morgan fingerprint density at radius 2 is 1.23 bits per heavy atom. The molecule has 0 fully saturated rings. The maximum atomic E-state index is 6.60. The van der Waals surface area contributed by atoms with Crippen molar-refractivity contribution in [3.63, 3.8) is 0 Å². The molecule has 0 radical (unpaired) electrons. The first-order valence-electron chi connectivity index (χ1n) is 17.7. The topological polar surface area (TPSA) is 69.9 Å². The average molecular weight is 671 g/mol. The molecule has 0 bridgehead atoms. The van der Waals surface area contributed by atoms with Gasteiger partial charge < -0.3 is 13.4 Å². The van der Waals surface area contributed by atoms with Crippen LogP contribution in [0.5, 0.6) is 0 Å². The van der Waals surface area contributed by atoms with Crippen molar-refractivity contribution >= 4 is 71.3 Å². The standard InChI is InChI=1S/C46H30N4O2/c1-27-12-5-6-15-30(27)45-47-44(28-13-3-2-4-14-28)48-46(49-45)33-18-11-21-40-43(33)36-26-41-35(25-42(36)52-40)34-24-29(22-23-39(34)51-41)50-37-19-9-7-16-31(37)32-17-8-10-20-38(32)50/h2-11,13-27H,12H2,1H3. The van der Waals surface area contributed by atoms with Crippen molar-refractivity contribution in [3.8, 4) is 28.5 Å². The third-order valence-electron chi connectivity index (χ3n) is 10.5. The molecule has 6 nitrogen and oxygen atoms in total. The zero-order chi connectivity index (χ0) is 34.3.